The molecule has 1 aromatic heterocycles. The molecule has 4 aromatic rings. The molecule has 0 atom stereocenters. The zero-order valence-electron chi connectivity index (χ0n) is 17.2. The van der Waals surface area contributed by atoms with Gasteiger partial charge in [0, 0.05) is 5.39 Å². The molecule has 0 radical (unpaired) electrons. The van der Waals surface area contributed by atoms with E-state index in [1.807, 2.05) is 13.1 Å². The van der Waals surface area contributed by atoms with Gasteiger partial charge in [0.15, 0.2) is 0 Å². The SMILES string of the molecule is CCOc1ccc(/C(=C(/CC)c2ccccc2C)c2ccc3[nH]ncc3c2)cc1. The third kappa shape index (κ3) is 3.81. The van der Waals surface area contributed by atoms with Crippen molar-refractivity contribution in [1.82, 2.24) is 10.2 Å². The van der Waals surface area contributed by atoms with E-state index in [2.05, 4.69) is 90.8 Å². The van der Waals surface area contributed by atoms with Gasteiger partial charge in [-0.2, -0.15) is 5.10 Å². The predicted molar refractivity (Wildman–Crippen MR) is 121 cm³/mol. The molecule has 3 nitrogen and oxygen atoms in total. The van der Waals surface area contributed by atoms with Gasteiger partial charge in [0.05, 0.1) is 18.3 Å². The molecule has 1 heterocycles. The second-order valence-corrected chi connectivity index (χ2v) is 7.15. The van der Waals surface area contributed by atoms with Gasteiger partial charge in [-0.25, -0.2) is 0 Å². The Morgan fingerprint density at radius 2 is 1.69 bits per heavy atom. The average molecular weight is 383 g/mol. The van der Waals surface area contributed by atoms with E-state index in [1.54, 1.807) is 0 Å². The van der Waals surface area contributed by atoms with Crippen LogP contribution in [0.15, 0.2) is 72.9 Å². The predicted octanol–water partition coefficient (Wildman–Crippen LogP) is 6.64. The fraction of sp³-hybridized carbons (Fsp3) is 0.192. The molecule has 3 heteroatoms. The number of allylic oxidation sites excluding steroid dienone is 1. The lowest BCUT2D eigenvalue weighted by Crippen LogP contribution is -1.97. The second-order valence-electron chi connectivity index (χ2n) is 7.15. The van der Waals surface area contributed by atoms with Gasteiger partial charge in [0.2, 0.25) is 0 Å². The van der Waals surface area contributed by atoms with Crippen molar-refractivity contribution in [2.75, 3.05) is 6.61 Å². The summed E-state index contributed by atoms with van der Waals surface area (Å²) in [6.45, 7) is 7.09. The largest absolute Gasteiger partial charge is 0.494 e. The number of aryl methyl sites for hydroxylation is 1. The molecule has 0 aliphatic rings. The number of fused-ring (bicyclic) bond motifs is 1. The zero-order chi connectivity index (χ0) is 20.2. The van der Waals surface area contributed by atoms with Crippen LogP contribution in [0.25, 0.3) is 22.0 Å². The van der Waals surface area contributed by atoms with Gasteiger partial charge in [-0.05, 0) is 77.9 Å². The summed E-state index contributed by atoms with van der Waals surface area (Å²) < 4.78 is 5.66. The first kappa shape index (κ1) is 19.0. The number of rotatable bonds is 6. The van der Waals surface area contributed by atoms with E-state index < -0.39 is 0 Å². The van der Waals surface area contributed by atoms with Gasteiger partial charge in [0.1, 0.15) is 5.75 Å². The summed E-state index contributed by atoms with van der Waals surface area (Å²) in [6, 6.07) is 23.6. The minimum Gasteiger partial charge on any atom is -0.494 e. The fourth-order valence-electron chi connectivity index (χ4n) is 3.91. The Hall–Kier alpha value is -3.33. The minimum absolute atomic E-state index is 0.669. The van der Waals surface area contributed by atoms with E-state index in [9.17, 15) is 0 Å². The molecule has 146 valence electrons. The van der Waals surface area contributed by atoms with E-state index in [4.69, 9.17) is 4.74 Å². The van der Waals surface area contributed by atoms with E-state index in [1.165, 1.54) is 33.4 Å². The first-order valence-electron chi connectivity index (χ1n) is 10.2. The topological polar surface area (TPSA) is 37.9 Å². The van der Waals surface area contributed by atoms with Gasteiger partial charge < -0.3 is 4.74 Å². The third-order valence-corrected chi connectivity index (χ3v) is 5.31. The van der Waals surface area contributed by atoms with Crippen LogP contribution in [0.5, 0.6) is 5.75 Å². The summed E-state index contributed by atoms with van der Waals surface area (Å²) in [5.74, 6) is 0.898. The summed E-state index contributed by atoms with van der Waals surface area (Å²) in [4.78, 5) is 0. The molecule has 3 aromatic carbocycles. The Morgan fingerprint density at radius 1 is 0.931 bits per heavy atom. The van der Waals surface area contributed by atoms with Crippen molar-refractivity contribution in [3.05, 3.63) is 95.2 Å². The molecule has 0 saturated carbocycles. The maximum Gasteiger partial charge on any atom is 0.119 e. The Bertz CT molecular complexity index is 1150. The van der Waals surface area contributed by atoms with Crippen LogP contribution >= 0.6 is 0 Å². The van der Waals surface area contributed by atoms with Gasteiger partial charge in [-0.15, -0.1) is 0 Å². The smallest absolute Gasteiger partial charge is 0.119 e. The number of nitrogens with zero attached hydrogens (tertiary/aromatic N) is 1. The lowest BCUT2D eigenvalue weighted by Gasteiger charge is -2.18. The van der Waals surface area contributed by atoms with E-state index in [0.29, 0.717) is 6.61 Å². The highest BCUT2D eigenvalue weighted by Gasteiger charge is 2.15. The van der Waals surface area contributed by atoms with Gasteiger partial charge >= 0.3 is 0 Å². The first-order chi connectivity index (χ1) is 14.2. The molecule has 29 heavy (non-hydrogen) atoms. The highest BCUT2D eigenvalue weighted by molar-refractivity contribution is 6.00. The Labute approximate surface area is 172 Å². The molecule has 0 fully saturated rings. The summed E-state index contributed by atoms with van der Waals surface area (Å²) in [6.07, 6.45) is 2.82. The van der Waals surface area contributed by atoms with Crippen LogP contribution in [0.2, 0.25) is 0 Å². The zero-order valence-corrected chi connectivity index (χ0v) is 17.2. The monoisotopic (exact) mass is 382 g/mol. The van der Waals surface area contributed by atoms with E-state index in [0.717, 1.165) is 23.1 Å². The molecule has 0 aliphatic heterocycles. The molecule has 0 spiro atoms. The van der Waals surface area contributed by atoms with Crippen LogP contribution < -0.4 is 4.74 Å². The van der Waals surface area contributed by atoms with Crippen molar-refractivity contribution in [3.63, 3.8) is 0 Å². The van der Waals surface area contributed by atoms with Crippen molar-refractivity contribution >= 4 is 22.0 Å². The summed E-state index contributed by atoms with van der Waals surface area (Å²) >= 11 is 0. The molecule has 0 bridgehead atoms. The van der Waals surface area contributed by atoms with Crippen LogP contribution in [0.3, 0.4) is 0 Å². The van der Waals surface area contributed by atoms with Crippen molar-refractivity contribution in [3.8, 4) is 5.75 Å². The number of aromatic amines is 1. The van der Waals surface area contributed by atoms with Gasteiger partial charge in [-0.3, -0.25) is 5.10 Å². The summed E-state index contributed by atoms with van der Waals surface area (Å²) in [5, 5.41) is 8.35. The molecule has 0 unspecified atom stereocenters. The number of hydrogen-bond acceptors (Lipinski definition) is 2. The van der Waals surface area contributed by atoms with Gasteiger partial charge in [0.25, 0.3) is 0 Å². The van der Waals surface area contributed by atoms with Crippen LogP contribution in [-0.2, 0) is 0 Å². The Morgan fingerprint density at radius 3 is 2.41 bits per heavy atom. The average Bonchev–Trinajstić information content (AvgIpc) is 3.21. The maximum absolute atomic E-state index is 5.66. The number of nitrogens with one attached hydrogen (secondary N) is 1. The van der Waals surface area contributed by atoms with Crippen LogP contribution in [0.1, 0.15) is 42.5 Å². The molecule has 0 saturated heterocycles. The fourth-order valence-corrected chi connectivity index (χ4v) is 3.91. The Balaban J connectivity index is 1.96. The lowest BCUT2D eigenvalue weighted by atomic mass is 9.86. The standard InChI is InChI=1S/C26H26N2O/c1-4-23(24-9-7-6-8-18(24)3)26(19-10-13-22(14-11-19)29-5-2)20-12-15-25-21(16-20)17-27-28-25/h6-17H,4-5H2,1-3H3,(H,27,28)/b26-23+. The Kier molecular flexibility index (Phi) is 5.48. The molecular formula is C26H26N2O. The normalized spacial score (nSPS) is 12.1. The highest BCUT2D eigenvalue weighted by Crippen LogP contribution is 2.37. The number of benzene rings is 3. The second kappa shape index (κ2) is 8.36. The molecule has 4 rings (SSSR count). The van der Waals surface area contributed by atoms with Crippen molar-refractivity contribution in [2.24, 2.45) is 0 Å². The summed E-state index contributed by atoms with van der Waals surface area (Å²) in [5.41, 5.74) is 8.62. The molecule has 1 N–H and O–H groups in total. The minimum atomic E-state index is 0.669. The van der Waals surface area contributed by atoms with E-state index >= 15 is 0 Å². The van der Waals surface area contributed by atoms with Crippen LogP contribution in [0.4, 0.5) is 0 Å². The van der Waals surface area contributed by atoms with Gasteiger partial charge in [-0.1, -0.05) is 49.4 Å². The number of H-pyrrole nitrogens is 1. The quantitative estimate of drug-likeness (QED) is 0.380. The van der Waals surface area contributed by atoms with Crippen molar-refractivity contribution in [2.45, 2.75) is 27.2 Å². The molecule has 0 aliphatic carbocycles. The van der Waals surface area contributed by atoms with Crippen LogP contribution in [-0.4, -0.2) is 16.8 Å². The third-order valence-electron chi connectivity index (χ3n) is 5.31. The van der Waals surface area contributed by atoms with Crippen LogP contribution in [0, 0.1) is 6.92 Å². The number of hydrogen-bond donors (Lipinski definition) is 1. The van der Waals surface area contributed by atoms with Crippen molar-refractivity contribution < 1.29 is 4.74 Å². The molecule has 0 amide bonds. The maximum atomic E-state index is 5.66. The summed E-state index contributed by atoms with van der Waals surface area (Å²) in [7, 11) is 0. The molecular weight excluding hydrogens is 356 g/mol. The van der Waals surface area contributed by atoms with Crippen molar-refractivity contribution in [1.29, 1.82) is 0 Å². The number of aromatic nitrogens is 2. The lowest BCUT2D eigenvalue weighted by molar-refractivity contribution is 0.340. The highest BCUT2D eigenvalue weighted by atomic mass is 16.5. The van der Waals surface area contributed by atoms with E-state index in [-0.39, 0.29) is 0 Å². The first-order valence-corrected chi connectivity index (χ1v) is 10.2. The number of ether oxygens (including phenoxy) is 1.